The summed E-state index contributed by atoms with van der Waals surface area (Å²) >= 11 is 0. The Kier molecular flexibility index (Phi) is 5.95. The van der Waals surface area contributed by atoms with Crippen LogP contribution < -0.4 is 9.62 Å². The summed E-state index contributed by atoms with van der Waals surface area (Å²) in [5.41, 5.74) is 5.54. The van der Waals surface area contributed by atoms with Gasteiger partial charge in [0.25, 0.3) is 0 Å². The molecule has 1 saturated carbocycles. The van der Waals surface area contributed by atoms with Crippen molar-refractivity contribution < 1.29 is 12.8 Å². The molecule has 1 heterocycles. The molecular formula is C25H28FN3O2S. The van der Waals surface area contributed by atoms with Gasteiger partial charge in [-0.2, -0.15) is 0 Å². The van der Waals surface area contributed by atoms with Crippen LogP contribution in [0.1, 0.15) is 24.0 Å². The molecule has 1 fully saturated rings. The van der Waals surface area contributed by atoms with Crippen LogP contribution in [0.2, 0.25) is 0 Å². The monoisotopic (exact) mass is 453 g/mol. The molecule has 0 saturated heterocycles. The first-order chi connectivity index (χ1) is 15.1. The van der Waals surface area contributed by atoms with E-state index in [-0.39, 0.29) is 0 Å². The molecule has 32 heavy (non-hydrogen) atoms. The summed E-state index contributed by atoms with van der Waals surface area (Å²) in [5.74, 6) is 1.21. The van der Waals surface area contributed by atoms with Gasteiger partial charge in [-0.1, -0.05) is 12.1 Å². The highest BCUT2D eigenvalue weighted by atomic mass is 32.2. The number of aromatic nitrogens is 1. The van der Waals surface area contributed by atoms with Crippen molar-refractivity contribution >= 4 is 21.5 Å². The number of halogens is 1. The third-order valence-corrected chi connectivity index (χ3v) is 7.22. The molecule has 4 rings (SSSR count). The van der Waals surface area contributed by atoms with Gasteiger partial charge in [0.1, 0.15) is 11.6 Å². The summed E-state index contributed by atoms with van der Waals surface area (Å²) in [4.78, 5) is 4.54. The number of pyridine rings is 1. The molecule has 0 spiro atoms. The van der Waals surface area contributed by atoms with Gasteiger partial charge >= 0.3 is 0 Å². The Balaban J connectivity index is 1.61. The molecule has 1 N–H and O–H groups in total. The zero-order valence-electron chi connectivity index (χ0n) is 18.8. The molecule has 1 aliphatic rings. The molecule has 168 valence electrons. The van der Waals surface area contributed by atoms with Crippen LogP contribution in [-0.4, -0.2) is 33.2 Å². The predicted molar refractivity (Wildman–Crippen MR) is 129 cm³/mol. The molecule has 5 nitrogen and oxygen atoms in total. The van der Waals surface area contributed by atoms with Crippen molar-refractivity contribution in [3.05, 3.63) is 65.6 Å². The van der Waals surface area contributed by atoms with Gasteiger partial charge in [-0.15, -0.1) is 0 Å². The van der Waals surface area contributed by atoms with Crippen molar-refractivity contribution in [2.75, 3.05) is 29.5 Å². The number of benzene rings is 2. The second-order valence-electron chi connectivity index (χ2n) is 8.63. The number of sulfonamides is 1. The normalized spacial score (nSPS) is 13.8. The Bertz CT molecular complexity index is 1250. The number of anilines is 2. The molecule has 0 amide bonds. The third kappa shape index (κ3) is 4.78. The average molecular weight is 454 g/mol. The fourth-order valence-electron chi connectivity index (χ4n) is 3.76. The quantitative estimate of drug-likeness (QED) is 0.521. The van der Waals surface area contributed by atoms with Crippen LogP contribution in [0.3, 0.4) is 0 Å². The Morgan fingerprint density at radius 1 is 1.03 bits per heavy atom. The number of hydrogen-bond acceptors (Lipinski definition) is 4. The van der Waals surface area contributed by atoms with Crippen LogP contribution in [0, 0.1) is 25.6 Å². The Hall–Kier alpha value is -2.93. The van der Waals surface area contributed by atoms with Crippen molar-refractivity contribution in [1.82, 2.24) is 4.98 Å². The number of nitrogens with zero attached hydrogens (tertiary/aromatic N) is 2. The second-order valence-corrected chi connectivity index (χ2v) is 10.6. The van der Waals surface area contributed by atoms with Gasteiger partial charge in [0, 0.05) is 30.9 Å². The van der Waals surface area contributed by atoms with Crippen LogP contribution >= 0.6 is 0 Å². The maximum Gasteiger partial charge on any atom is 0.231 e. The van der Waals surface area contributed by atoms with Gasteiger partial charge in [0.05, 0.1) is 11.9 Å². The Morgan fingerprint density at radius 2 is 1.72 bits per heavy atom. The van der Waals surface area contributed by atoms with Crippen LogP contribution in [-0.2, 0) is 10.0 Å². The minimum atomic E-state index is -3.45. The molecule has 1 aromatic heterocycles. The van der Waals surface area contributed by atoms with E-state index >= 15 is 0 Å². The maximum absolute atomic E-state index is 15.0. The number of nitrogens with one attached hydrogen (secondary N) is 1. The molecule has 0 unspecified atom stereocenters. The molecule has 0 bridgehead atoms. The van der Waals surface area contributed by atoms with E-state index in [0.29, 0.717) is 11.3 Å². The number of hydrogen-bond donors (Lipinski definition) is 1. The summed E-state index contributed by atoms with van der Waals surface area (Å²) < 4.78 is 39.5. The summed E-state index contributed by atoms with van der Waals surface area (Å²) in [6, 6.07) is 12.6. The van der Waals surface area contributed by atoms with E-state index < -0.39 is 15.8 Å². The number of rotatable bonds is 7. The van der Waals surface area contributed by atoms with Crippen molar-refractivity contribution in [2.24, 2.45) is 5.92 Å². The first kappa shape index (κ1) is 22.3. The SMILES string of the molecule is Cc1cc(-c2ccc(N(C)S(C)(=O)=O)cc2F)c(C)cc1-c1ccc(NCC2CC2)nc1. The van der Waals surface area contributed by atoms with E-state index in [9.17, 15) is 12.8 Å². The van der Waals surface area contributed by atoms with Crippen molar-refractivity contribution in [3.63, 3.8) is 0 Å². The zero-order chi connectivity index (χ0) is 23.0. The van der Waals surface area contributed by atoms with E-state index in [4.69, 9.17) is 0 Å². The molecule has 2 aromatic carbocycles. The first-order valence-corrected chi connectivity index (χ1v) is 12.5. The highest BCUT2D eigenvalue weighted by Gasteiger charge is 2.21. The summed E-state index contributed by atoms with van der Waals surface area (Å²) in [6.45, 7) is 4.93. The lowest BCUT2D eigenvalue weighted by Crippen LogP contribution is -2.24. The summed E-state index contributed by atoms with van der Waals surface area (Å²) in [7, 11) is -2.04. The maximum atomic E-state index is 15.0. The van der Waals surface area contributed by atoms with Gasteiger partial charge in [-0.3, -0.25) is 4.31 Å². The van der Waals surface area contributed by atoms with E-state index in [2.05, 4.69) is 22.4 Å². The Morgan fingerprint density at radius 3 is 2.31 bits per heavy atom. The molecule has 0 radical (unpaired) electrons. The predicted octanol–water partition coefficient (Wildman–Crippen LogP) is 5.39. The first-order valence-electron chi connectivity index (χ1n) is 10.7. The van der Waals surface area contributed by atoms with Gasteiger partial charge in [0.2, 0.25) is 10.0 Å². The van der Waals surface area contributed by atoms with Crippen LogP contribution in [0.4, 0.5) is 15.9 Å². The lowest BCUT2D eigenvalue weighted by atomic mass is 9.92. The molecule has 3 aromatic rings. The average Bonchev–Trinajstić information content (AvgIpc) is 3.57. The molecule has 0 aliphatic heterocycles. The van der Waals surface area contributed by atoms with Crippen LogP contribution in [0.25, 0.3) is 22.3 Å². The lowest BCUT2D eigenvalue weighted by molar-refractivity contribution is 0.600. The highest BCUT2D eigenvalue weighted by Crippen LogP contribution is 2.34. The number of aryl methyl sites for hydroxylation is 2. The zero-order valence-corrected chi connectivity index (χ0v) is 19.6. The fourth-order valence-corrected chi connectivity index (χ4v) is 4.25. The molecule has 1 aliphatic carbocycles. The van der Waals surface area contributed by atoms with Crippen molar-refractivity contribution in [1.29, 1.82) is 0 Å². The molecular weight excluding hydrogens is 425 g/mol. The lowest BCUT2D eigenvalue weighted by Gasteiger charge is -2.18. The van der Waals surface area contributed by atoms with E-state index in [0.717, 1.165) is 56.7 Å². The van der Waals surface area contributed by atoms with Crippen LogP contribution in [0.5, 0.6) is 0 Å². The van der Waals surface area contributed by atoms with Gasteiger partial charge < -0.3 is 5.32 Å². The van der Waals surface area contributed by atoms with Crippen molar-refractivity contribution in [3.8, 4) is 22.3 Å². The fraction of sp³-hybridized carbons (Fsp3) is 0.320. The minimum Gasteiger partial charge on any atom is -0.370 e. The van der Waals surface area contributed by atoms with Gasteiger partial charge in [-0.25, -0.2) is 17.8 Å². The van der Waals surface area contributed by atoms with E-state index in [1.807, 2.05) is 32.2 Å². The summed E-state index contributed by atoms with van der Waals surface area (Å²) in [5, 5.41) is 3.38. The van der Waals surface area contributed by atoms with E-state index in [1.165, 1.54) is 26.0 Å². The minimum absolute atomic E-state index is 0.293. The Labute approximate surface area is 189 Å². The largest absolute Gasteiger partial charge is 0.370 e. The van der Waals surface area contributed by atoms with Crippen molar-refractivity contribution in [2.45, 2.75) is 26.7 Å². The summed E-state index contributed by atoms with van der Waals surface area (Å²) in [6.07, 6.45) is 5.56. The van der Waals surface area contributed by atoms with Gasteiger partial charge in [-0.05, 0) is 85.2 Å². The highest BCUT2D eigenvalue weighted by molar-refractivity contribution is 7.92. The smallest absolute Gasteiger partial charge is 0.231 e. The third-order valence-electron chi connectivity index (χ3n) is 6.02. The van der Waals surface area contributed by atoms with E-state index in [1.54, 1.807) is 12.1 Å². The topological polar surface area (TPSA) is 62.3 Å². The second kappa shape index (κ2) is 8.54. The van der Waals surface area contributed by atoms with Crippen LogP contribution in [0.15, 0.2) is 48.7 Å². The molecule has 7 heteroatoms. The standard InChI is InChI=1S/C25H28FN3O2S/c1-16-12-23(21-9-8-20(13-24(21)26)29(3)32(4,30)31)17(2)11-22(16)19-7-10-25(28-15-19)27-14-18-5-6-18/h7-13,15,18H,5-6,14H2,1-4H3,(H,27,28). The molecule has 0 atom stereocenters. The van der Waals surface area contributed by atoms with Gasteiger partial charge in [0.15, 0.2) is 0 Å².